The van der Waals surface area contributed by atoms with Gasteiger partial charge in [-0.1, -0.05) is 74.3 Å². The number of rotatable bonds is 5. The summed E-state index contributed by atoms with van der Waals surface area (Å²) in [4.78, 5) is 0. The molecular formula is C32H25O2P. The molecule has 6 rings (SSSR count). The molecule has 170 valence electrons. The van der Waals surface area contributed by atoms with Crippen molar-refractivity contribution in [2.45, 2.75) is 13.8 Å². The predicted octanol–water partition coefficient (Wildman–Crippen LogP) is 10.2. The third-order valence-corrected chi connectivity index (χ3v) is 8.83. The van der Waals surface area contributed by atoms with Gasteiger partial charge < -0.3 is 9.47 Å². The maximum absolute atomic E-state index is 6.32. The van der Waals surface area contributed by atoms with Crippen LogP contribution in [0.1, 0.15) is 11.1 Å². The summed E-state index contributed by atoms with van der Waals surface area (Å²) in [6, 6.07) is 39.9. The predicted molar refractivity (Wildman–Crippen MR) is 148 cm³/mol. The van der Waals surface area contributed by atoms with E-state index in [0.717, 1.165) is 34.1 Å². The van der Waals surface area contributed by atoms with Crippen LogP contribution in [-0.2, 0) is 0 Å². The van der Waals surface area contributed by atoms with Crippen molar-refractivity contribution in [3.63, 3.8) is 0 Å². The normalized spacial score (nSPS) is 11.1. The lowest BCUT2D eigenvalue weighted by Crippen LogP contribution is -1.88. The van der Waals surface area contributed by atoms with Crippen molar-refractivity contribution < 1.29 is 9.47 Å². The molecule has 0 aliphatic rings. The smallest absolute Gasteiger partial charge is 0.131 e. The fourth-order valence-corrected chi connectivity index (χ4v) is 7.37. The highest BCUT2D eigenvalue weighted by Gasteiger charge is 2.18. The Kier molecular flexibility index (Phi) is 5.52. The maximum atomic E-state index is 6.32. The van der Waals surface area contributed by atoms with Gasteiger partial charge in [0, 0.05) is 10.2 Å². The maximum Gasteiger partial charge on any atom is 0.131 e. The molecule has 5 aromatic carbocycles. The number of hydrogen-bond acceptors (Lipinski definition) is 2. The summed E-state index contributed by atoms with van der Waals surface area (Å²) < 4.78 is 12.6. The minimum atomic E-state index is -0.659. The second-order valence-corrected chi connectivity index (χ2v) is 10.9. The highest BCUT2D eigenvalue weighted by molar-refractivity contribution is 7.67. The van der Waals surface area contributed by atoms with Gasteiger partial charge in [-0.25, -0.2) is 0 Å². The third kappa shape index (κ3) is 4.07. The summed E-state index contributed by atoms with van der Waals surface area (Å²) >= 11 is 0. The first-order chi connectivity index (χ1) is 17.2. The van der Waals surface area contributed by atoms with E-state index in [1.807, 2.05) is 60.7 Å². The summed E-state index contributed by atoms with van der Waals surface area (Å²) in [7, 11) is -0.659. The molecule has 3 heteroatoms. The molecule has 0 fully saturated rings. The van der Waals surface area contributed by atoms with Crippen LogP contribution >= 0.6 is 7.53 Å². The molecule has 0 aliphatic heterocycles. The van der Waals surface area contributed by atoms with E-state index >= 15 is 0 Å². The van der Waals surface area contributed by atoms with Gasteiger partial charge in [0.1, 0.15) is 23.0 Å². The van der Waals surface area contributed by atoms with Crippen molar-refractivity contribution >= 4 is 28.5 Å². The van der Waals surface area contributed by atoms with Gasteiger partial charge in [-0.2, -0.15) is 0 Å². The molecule has 35 heavy (non-hydrogen) atoms. The van der Waals surface area contributed by atoms with Gasteiger partial charge >= 0.3 is 0 Å². The molecule has 0 saturated carbocycles. The van der Waals surface area contributed by atoms with Crippen LogP contribution in [0.3, 0.4) is 0 Å². The minimum Gasteiger partial charge on any atom is -0.457 e. The Morgan fingerprint density at radius 3 is 1.31 bits per heavy atom. The van der Waals surface area contributed by atoms with Gasteiger partial charge in [-0.05, 0) is 89.6 Å². The highest BCUT2D eigenvalue weighted by Crippen LogP contribution is 2.57. The Labute approximate surface area is 206 Å². The number of benzene rings is 5. The lowest BCUT2D eigenvalue weighted by molar-refractivity contribution is 0.479. The summed E-state index contributed by atoms with van der Waals surface area (Å²) in [5.74, 6) is 3.46. The fraction of sp³-hybridized carbons (Fsp3) is 0.0625. The fourth-order valence-electron chi connectivity index (χ4n) is 4.58. The lowest BCUT2D eigenvalue weighted by atomic mass is 10.1. The van der Waals surface area contributed by atoms with Crippen LogP contribution in [0.4, 0.5) is 0 Å². The molecule has 6 aromatic rings. The van der Waals surface area contributed by atoms with E-state index < -0.39 is 7.53 Å². The van der Waals surface area contributed by atoms with Crippen LogP contribution in [0.5, 0.6) is 23.0 Å². The first-order valence-electron chi connectivity index (χ1n) is 11.8. The zero-order valence-electron chi connectivity index (χ0n) is 19.7. The standard InChI is InChI=1S/C32H25O2P/c1-22-18-31-27(20-29(22)33-24-12-6-3-7-13-24)28-21-30(34-25-14-8-4-9-15-25)23(2)19-32(28)35(31)26-16-10-5-11-17-26/h3-21H,1-2H3. The Hall–Kier alpha value is -4.00. The van der Waals surface area contributed by atoms with E-state index in [9.17, 15) is 0 Å². The second-order valence-electron chi connectivity index (χ2n) is 8.77. The van der Waals surface area contributed by atoms with Crippen LogP contribution in [-0.4, -0.2) is 0 Å². The van der Waals surface area contributed by atoms with Crippen molar-refractivity contribution in [1.82, 2.24) is 0 Å². The van der Waals surface area contributed by atoms with Gasteiger partial charge in [-0.3, -0.25) is 0 Å². The van der Waals surface area contributed by atoms with Crippen LogP contribution in [0.15, 0.2) is 115 Å². The van der Waals surface area contributed by atoms with Crippen LogP contribution in [0, 0.1) is 13.8 Å². The van der Waals surface area contributed by atoms with Gasteiger partial charge in [-0.15, -0.1) is 0 Å². The zero-order valence-corrected chi connectivity index (χ0v) is 20.6. The number of aryl methyl sites for hydroxylation is 2. The highest BCUT2D eigenvalue weighted by atomic mass is 31.1. The van der Waals surface area contributed by atoms with Gasteiger partial charge in [0.05, 0.1) is 0 Å². The molecule has 0 amide bonds. The molecule has 0 aliphatic carbocycles. The summed E-state index contributed by atoms with van der Waals surface area (Å²) in [6.07, 6.45) is 0. The molecule has 0 unspecified atom stereocenters. The quantitative estimate of drug-likeness (QED) is 0.248. The van der Waals surface area contributed by atoms with Crippen molar-refractivity contribution in [3.8, 4) is 28.3 Å². The Morgan fingerprint density at radius 1 is 0.486 bits per heavy atom. The molecule has 2 nitrogen and oxygen atoms in total. The van der Waals surface area contributed by atoms with E-state index in [-0.39, 0.29) is 0 Å². The largest absolute Gasteiger partial charge is 0.457 e. The molecular weight excluding hydrogens is 447 g/mol. The van der Waals surface area contributed by atoms with Crippen molar-refractivity contribution in [2.24, 2.45) is 0 Å². The van der Waals surface area contributed by atoms with E-state index in [1.54, 1.807) is 0 Å². The number of fused-ring (bicyclic) bond motifs is 3. The van der Waals surface area contributed by atoms with Gasteiger partial charge in [0.25, 0.3) is 0 Å². The monoisotopic (exact) mass is 472 g/mol. The van der Waals surface area contributed by atoms with Crippen molar-refractivity contribution in [3.05, 3.63) is 126 Å². The first-order valence-corrected chi connectivity index (χ1v) is 13.1. The van der Waals surface area contributed by atoms with Gasteiger partial charge in [0.15, 0.2) is 0 Å². The molecule has 0 radical (unpaired) electrons. The summed E-state index contributed by atoms with van der Waals surface area (Å²) in [6.45, 7) is 4.27. The van der Waals surface area contributed by atoms with E-state index in [4.69, 9.17) is 9.47 Å². The Morgan fingerprint density at radius 2 is 0.886 bits per heavy atom. The topological polar surface area (TPSA) is 18.5 Å². The Balaban J connectivity index is 1.59. The molecule has 0 spiro atoms. The average molecular weight is 473 g/mol. The summed E-state index contributed by atoms with van der Waals surface area (Å²) in [5, 5.41) is 6.55. The number of ether oxygens (including phenoxy) is 2. The summed E-state index contributed by atoms with van der Waals surface area (Å²) in [5.41, 5.74) is 2.28. The van der Waals surface area contributed by atoms with E-state index in [0.29, 0.717) is 0 Å². The third-order valence-electron chi connectivity index (χ3n) is 6.31. The second kappa shape index (κ2) is 8.98. The van der Waals surface area contributed by atoms with E-state index in [2.05, 4.69) is 68.4 Å². The number of para-hydroxylation sites is 2. The molecule has 0 N–H and O–H groups in total. The SMILES string of the molecule is Cc1cc2c(cc1Oc1ccccc1)c1cc(Oc3ccccc3)c(C)cc1p2-c1ccccc1. The van der Waals surface area contributed by atoms with Crippen LogP contribution in [0.25, 0.3) is 26.3 Å². The van der Waals surface area contributed by atoms with Gasteiger partial charge in [0.2, 0.25) is 0 Å². The molecule has 1 heterocycles. The lowest BCUT2D eigenvalue weighted by Gasteiger charge is -2.10. The molecule has 0 atom stereocenters. The average Bonchev–Trinajstić information content (AvgIpc) is 3.18. The van der Waals surface area contributed by atoms with Crippen molar-refractivity contribution in [1.29, 1.82) is 0 Å². The molecule has 1 aromatic heterocycles. The Bertz CT molecular complexity index is 1530. The molecule has 0 saturated heterocycles. The first kappa shape index (κ1) is 21.5. The van der Waals surface area contributed by atoms with Crippen LogP contribution in [0.2, 0.25) is 0 Å². The number of hydrogen-bond donors (Lipinski definition) is 0. The molecule has 0 bridgehead atoms. The van der Waals surface area contributed by atoms with Crippen molar-refractivity contribution in [2.75, 3.05) is 0 Å². The zero-order chi connectivity index (χ0) is 23.8. The van der Waals surface area contributed by atoms with E-state index in [1.165, 1.54) is 26.3 Å². The minimum absolute atomic E-state index is 0.659. The van der Waals surface area contributed by atoms with Crippen LogP contribution < -0.4 is 9.47 Å².